The highest BCUT2D eigenvalue weighted by atomic mass is 35.5. The summed E-state index contributed by atoms with van der Waals surface area (Å²) in [5.41, 5.74) is 0.946. The number of hydrogen-bond acceptors (Lipinski definition) is 2. The molecule has 1 atom stereocenters. The van der Waals surface area contributed by atoms with E-state index in [2.05, 4.69) is 0 Å². The Morgan fingerprint density at radius 1 is 1.43 bits per heavy atom. The van der Waals surface area contributed by atoms with E-state index in [4.69, 9.17) is 11.6 Å². The summed E-state index contributed by atoms with van der Waals surface area (Å²) in [6, 6.07) is 5.75. The SMILES string of the molecule is Cc1ccc(CCC(=O)N2CCCC2(C)C(=O)O)cc1Cl. The quantitative estimate of drug-likeness (QED) is 0.930. The maximum absolute atomic E-state index is 12.3. The van der Waals surface area contributed by atoms with E-state index in [-0.39, 0.29) is 5.91 Å². The van der Waals surface area contributed by atoms with Gasteiger partial charge in [-0.15, -0.1) is 0 Å². The fourth-order valence-corrected chi connectivity index (χ4v) is 2.97. The minimum absolute atomic E-state index is 0.103. The lowest BCUT2D eigenvalue weighted by atomic mass is 9.98. The van der Waals surface area contributed by atoms with Gasteiger partial charge in [0.05, 0.1) is 0 Å². The molecule has 2 rings (SSSR count). The van der Waals surface area contributed by atoms with Crippen LogP contribution < -0.4 is 0 Å². The van der Waals surface area contributed by atoms with Crippen molar-refractivity contribution >= 4 is 23.5 Å². The standard InChI is InChI=1S/C16H20ClNO3/c1-11-4-5-12(10-13(11)17)6-7-14(19)18-9-3-8-16(18,2)15(20)21/h4-5,10H,3,6-9H2,1-2H3,(H,20,21). The van der Waals surface area contributed by atoms with Gasteiger partial charge in [0.25, 0.3) is 0 Å². The van der Waals surface area contributed by atoms with Crippen molar-refractivity contribution in [2.45, 2.75) is 45.1 Å². The van der Waals surface area contributed by atoms with Gasteiger partial charge in [-0.3, -0.25) is 4.79 Å². The molecule has 0 spiro atoms. The molecule has 5 heteroatoms. The van der Waals surface area contributed by atoms with Gasteiger partial charge in [-0.05, 0) is 50.3 Å². The van der Waals surface area contributed by atoms with Gasteiger partial charge in [0.15, 0.2) is 0 Å². The van der Waals surface area contributed by atoms with E-state index in [0.29, 0.717) is 30.8 Å². The number of hydrogen-bond donors (Lipinski definition) is 1. The Bertz CT molecular complexity index is 573. The molecule has 0 saturated carbocycles. The Morgan fingerprint density at radius 3 is 2.76 bits per heavy atom. The van der Waals surface area contributed by atoms with Crippen LogP contribution >= 0.6 is 11.6 Å². The summed E-state index contributed by atoms with van der Waals surface area (Å²) >= 11 is 6.07. The van der Waals surface area contributed by atoms with Crippen LogP contribution in [-0.4, -0.2) is 34.0 Å². The molecule has 114 valence electrons. The number of aryl methyl sites for hydroxylation is 2. The molecular weight excluding hydrogens is 290 g/mol. The number of carbonyl (C=O) groups is 2. The third kappa shape index (κ3) is 3.21. The van der Waals surface area contributed by atoms with Gasteiger partial charge < -0.3 is 10.0 Å². The van der Waals surface area contributed by atoms with Crippen molar-refractivity contribution in [3.8, 4) is 0 Å². The Kier molecular flexibility index (Phi) is 4.57. The van der Waals surface area contributed by atoms with Crippen molar-refractivity contribution < 1.29 is 14.7 Å². The first-order chi connectivity index (χ1) is 9.84. The summed E-state index contributed by atoms with van der Waals surface area (Å²) in [6.07, 6.45) is 2.14. The summed E-state index contributed by atoms with van der Waals surface area (Å²) in [5, 5.41) is 10.0. The smallest absolute Gasteiger partial charge is 0.329 e. The molecule has 21 heavy (non-hydrogen) atoms. The van der Waals surface area contributed by atoms with Crippen molar-refractivity contribution in [3.63, 3.8) is 0 Å². The number of nitrogens with zero attached hydrogens (tertiary/aromatic N) is 1. The molecule has 1 N–H and O–H groups in total. The minimum atomic E-state index is -1.05. The topological polar surface area (TPSA) is 57.6 Å². The van der Waals surface area contributed by atoms with E-state index in [9.17, 15) is 14.7 Å². The Balaban J connectivity index is 2.01. The molecule has 0 aromatic heterocycles. The second-order valence-corrected chi connectivity index (χ2v) is 6.22. The van der Waals surface area contributed by atoms with Gasteiger partial charge in [-0.25, -0.2) is 4.79 Å². The molecule has 1 unspecified atom stereocenters. The summed E-state index contributed by atoms with van der Waals surface area (Å²) in [7, 11) is 0. The number of amides is 1. The highest BCUT2D eigenvalue weighted by molar-refractivity contribution is 6.31. The number of carboxylic acids is 1. The lowest BCUT2D eigenvalue weighted by molar-refractivity contribution is -0.155. The molecule has 1 saturated heterocycles. The van der Waals surface area contributed by atoms with Crippen molar-refractivity contribution in [1.82, 2.24) is 4.90 Å². The monoisotopic (exact) mass is 309 g/mol. The zero-order valence-corrected chi connectivity index (χ0v) is 13.1. The lowest BCUT2D eigenvalue weighted by Gasteiger charge is -2.31. The largest absolute Gasteiger partial charge is 0.480 e. The first kappa shape index (κ1) is 15.8. The molecule has 1 aromatic carbocycles. The molecule has 1 aliphatic rings. The van der Waals surface area contributed by atoms with Crippen molar-refractivity contribution in [3.05, 3.63) is 34.3 Å². The highest BCUT2D eigenvalue weighted by Gasteiger charge is 2.45. The van der Waals surface area contributed by atoms with Crippen molar-refractivity contribution in [2.75, 3.05) is 6.54 Å². The number of halogens is 1. The van der Waals surface area contributed by atoms with Gasteiger partial charge in [0.2, 0.25) is 5.91 Å². The number of benzene rings is 1. The number of carbonyl (C=O) groups excluding carboxylic acids is 1. The Morgan fingerprint density at radius 2 is 2.14 bits per heavy atom. The molecule has 1 aliphatic heterocycles. The zero-order chi connectivity index (χ0) is 15.6. The maximum atomic E-state index is 12.3. The van der Waals surface area contributed by atoms with Crippen molar-refractivity contribution in [1.29, 1.82) is 0 Å². The summed E-state index contributed by atoms with van der Waals surface area (Å²) in [5.74, 6) is -1.03. The Hall–Kier alpha value is -1.55. The molecule has 0 bridgehead atoms. The van der Waals surface area contributed by atoms with E-state index < -0.39 is 11.5 Å². The predicted molar refractivity (Wildman–Crippen MR) is 81.5 cm³/mol. The van der Waals surface area contributed by atoms with E-state index >= 15 is 0 Å². The van der Waals surface area contributed by atoms with E-state index in [1.165, 1.54) is 4.90 Å². The Labute approximate surface area is 129 Å². The van der Waals surface area contributed by atoms with Gasteiger partial charge in [-0.1, -0.05) is 23.7 Å². The molecular formula is C16H20ClNO3. The van der Waals surface area contributed by atoms with Crippen LogP contribution in [0.3, 0.4) is 0 Å². The fraction of sp³-hybridized carbons (Fsp3) is 0.500. The summed E-state index contributed by atoms with van der Waals surface area (Å²) < 4.78 is 0. The van der Waals surface area contributed by atoms with E-state index in [1.54, 1.807) is 6.92 Å². The molecule has 0 radical (unpaired) electrons. The van der Waals surface area contributed by atoms with Crippen LogP contribution in [0.2, 0.25) is 5.02 Å². The second-order valence-electron chi connectivity index (χ2n) is 5.81. The third-order valence-electron chi connectivity index (χ3n) is 4.27. The van der Waals surface area contributed by atoms with Crippen LogP contribution in [-0.2, 0) is 16.0 Å². The average molecular weight is 310 g/mol. The fourth-order valence-electron chi connectivity index (χ4n) is 2.76. The van der Waals surface area contributed by atoms with Crippen LogP contribution in [0.15, 0.2) is 18.2 Å². The van der Waals surface area contributed by atoms with Crippen LogP contribution in [0, 0.1) is 6.92 Å². The second kappa shape index (κ2) is 6.06. The van der Waals surface area contributed by atoms with E-state index in [1.807, 2.05) is 25.1 Å². The average Bonchev–Trinajstić information content (AvgIpc) is 2.83. The molecule has 4 nitrogen and oxygen atoms in total. The van der Waals surface area contributed by atoms with Gasteiger partial charge in [-0.2, -0.15) is 0 Å². The van der Waals surface area contributed by atoms with E-state index in [0.717, 1.165) is 17.5 Å². The highest BCUT2D eigenvalue weighted by Crippen LogP contribution is 2.30. The normalized spacial score (nSPS) is 21.6. The van der Waals surface area contributed by atoms with Gasteiger partial charge in [0.1, 0.15) is 5.54 Å². The first-order valence-corrected chi connectivity index (χ1v) is 7.51. The number of likely N-dealkylation sites (tertiary alicyclic amines) is 1. The summed E-state index contributed by atoms with van der Waals surface area (Å²) in [6.45, 7) is 4.08. The maximum Gasteiger partial charge on any atom is 0.329 e. The lowest BCUT2D eigenvalue weighted by Crippen LogP contribution is -2.50. The number of aliphatic carboxylic acids is 1. The first-order valence-electron chi connectivity index (χ1n) is 7.13. The molecule has 0 aliphatic carbocycles. The third-order valence-corrected chi connectivity index (χ3v) is 4.67. The van der Waals surface area contributed by atoms with Gasteiger partial charge in [0, 0.05) is 18.0 Å². The molecule has 1 amide bonds. The van der Waals surface area contributed by atoms with Crippen LogP contribution in [0.25, 0.3) is 0 Å². The van der Waals surface area contributed by atoms with Crippen LogP contribution in [0.5, 0.6) is 0 Å². The number of rotatable bonds is 4. The van der Waals surface area contributed by atoms with Crippen molar-refractivity contribution in [2.24, 2.45) is 0 Å². The van der Waals surface area contributed by atoms with Gasteiger partial charge >= 0.3 is 5.97 Å². The molecule has 1 aromatic rings. The molecule has 1 fully saturated rings. The zero-order valence-electron chi connectivity index (χ0n) is 12.4. The summed E-state index contributed by atoms with van der Waals surface area (Å²) in [4.78, 5) is 25.2. The van der Waals surface area contributed by atoms with Crippen LogP contribution in [0.1, 0.15) is 37.3 Å². The minimum Gasteiger partial charge on any atom is -0.480 e. The number of carboxylic acid groups (broad SMARTS) is 1. The predicted octanol–water partition coefficient (Wildman–Crippen LogP) is 3.05. The van der Waals surface area contributed by atoms with Crippen LogP contribution in [0.4, 0.5) is 0 Å². The molecule has 1 heterocycles.